The second kappa shape index (κ2) is 6.26. The first-order valence-electron chi connectivity index (χ1n) is 8.04. The number of nitriles is 1. The van der Waals surface area contributed by atoms with Crippen LogP contribution in [-0.2, 0) is 17.7 Å². The first-order chi connectivity index (χ1) is 12.2. The van der Waals surface area contributed by atoms with Gasteiger partial charge in [-0.2, -0.15) is 5.26 Å². The maximum Gasteiger partial charge on any atom is 0.414 e. The number of hydrogen-bond donors (Lipinski definition) is 0. The van der Waals surface area contributed by atoms with Gasteiger partial charge in [-0.1, -0.05) is 23.7 Å². The normalized spacial score (nSPS) is 16.4. The van der Waals surface area contributed by atoms with Gasteiger partial charge in [-0.05, 0) is 35.7 Å². The van der Waals surface area contributed by atoms with Crippen molar-refractivity contribution in [3.05, 3.63) is 52.2 Å². The molecule has 0 unspecified atom stereocenters. The summed E-state index contributed by atoms with van der Waals surface area (Å²) in [5, 5.41) is 9.48. The second-order valence-electron chi connectivity index (χ2n) is 5.96. The van der Waals surface area contributed by atoms with Crippen LogP contribution in [0.25, 0.3) is 0 Å². The van der Waals surface area contributed by atoms with Gasteiger partial charge < -0.3 is 9.64 Å². The molecule has 4 rings (SSSR count). The van der Waals surface area contributed by atoms with E-state index < -0.39 is 0 Å². The third kappa shape index (κ3) is 2.77. The molecular weight excluding hydrogens is 340 g/mol. The molecule has 1 aromatic carbocycles. The summed E-state index contributed by atoms with van der Waals surface area (Å²) in [5.74, 6) is 0.734. The first kappa shape index (κ1) is 15.7. The number of carbonyl (C=O) groups is 1. The lowest BCUT2D eigenvalue weighted by molar-refractivity contribution is 0.181. The smallest absolute Gasteiger partial charge is 0.414 e. The van der Waals surface area contributed by atoms with Crippen LogP contribution >= 0.6 is 11.6 Å². The lowest BCUT2D eigenvalue weighted by Crippen LogP contribution is -2.33. The number of amides is 1. The van der Waals surface area contributed by atoms with Crippen LogP contribution in [0.2, 0.25) is 5.02 Å². The molecule has 126 valence electrons. The van der Waals surface area contributed by atoms with Gasteiger partial charge in [-0.3, -0.25) is 4.90 Å². The number of anilines is 2. The molecule has 0 atom stereocenters. The Morgan fingerprint density at radius 3 is 2.88 bits per heavy atom. The number of fused-ring (bicyclic) bond motifs is 1. The molecule has 2 aliphatic rings. The van der Waals surface area contributed by atoms with Crippen molar-refractivity contribution >= 4 is 29.2 Å². The number of ether oxygens (including phenoxy) is 1. The molecule has 2 aliphatic heterocycles. The SMILES string of the molecule is N#Cc1nc(N2CCc3c(cccc3N3CCOC3=O)C2)ccc1Cl. The Balaban J connectivity index is 1.64. The maximum atomic E-state index is 11.9. The fourth-order valence-electron chi connectivity index (χ4n) is 3.34. The minimum Gasteiger partial charge on any atom is -0.447 e. The van der Waals surface area contributed by atoms with Crippen LogP contribution in [0.15, 0.2) is 30.3 Å². The van der Waals surface area contributed by atoms with E-state index in [9.17, 15) is 4.79 Å². The lowest BCUT2D eigenvalue weighted by Gasteiger charge is -2.32. The molecule has 3 heterocycles. The van der Waals surface area contributed by atoms with Crippen LogP contribution in [0.1, 0.15) is 16.8 Å². The van der Waals surface area contributed by atoms with Gasteiger partial charge in [0.25, 0.3) is 0 Å². The molecule has 0 bridgehead atoms. The summed E-state index contributed by atoms with van der Waals surface area (Å²) in [6, 6.07) is 11.5. The van der Waals surface area contributed by atoms with E-state index in [2.05, 4.69) is 16.0 Å². The third-order valence-corrected chi connectivity index (χ3v) is 4.86. The average molecular weight is 355 g/mol. The van der Waals surface area contributed by atoms with Crippen LogP contribution < -0.4 is 9.80 Å². The molecule has 0 spiro atoms. The standard InChI is InChI=1S/C18H15ClN4O2/c19-14-4-5-17(21-15(14)10-20)22-7-6-13-12(11-22)2-1-3-16(13)23-8-9-25-18(23)24/h1-5H,6-9,11H2. The highest BCUT2D eigenvalue weighted by atomic mass is 35.5. The Hall–Kier alpha value is -2.78. The highest BCUT2D eigenvalue weighted by Gasteiger charge is 2.28. The molecule has 1 amide bonds. The Bertz CT molecular complexity index is 893. The van der Waals surface area contributed by atoms with E-state index in [1.54, 1.807) is 11.0 Å². The van der Waals surface area contributed by atoms with Crippen LogP contribution in [0.5, 0.6) is 0 Å². The van der Waals surface area contributed by atoms with Gasteiger partial charge in [0.1, 0.15) is 18.5 Å². The molecular formula is C18H15ClN4O2. The number of pyridine rings is 1. The van der Waals surface area contributed by atoms with Gasteiger partial charge in [0, 0.05) is 13.1 Å². The maximum absolute atomic E-state index is 11.9. The van der Waals surface area contributed by atoms with Gasteiger partial charge in [-0.25, -0.2) is 9.78 Å². The molecule has 0 N–H and O–H groups in total. The van der Waals surface area contributed by atoms with E-state index in [4.69, 9.17) is 21.6 Å². The number of cyclic esters (lactones) is 1. The molecule has 0 aliphatic carbocycles. The van der Waals surface area contributed by atoms with Crippen molar-refractivity contribution in [1.29, 1.82) is 5.26 Å². The number of benzene rings is 1. The number of carbonyl (C=O) groups excluding carboxylic acids is 1. The van der Waals surface area contributed by atoms with Crippen molar-refractivity contribution in [3.8, 4) is 6.07 Å². The molecule has 25 heavy (non-hydrogen) atoms. The third-order valence-electron chi connectivity index (χ3n) is 4.55. The van der Waals surface area contributed by atoms with Crippen LogP contribution in [0.3, 0.4) is 0 Å². The summed E-state index contributed by atoms with van der Waals surface area (Å²) in [5.41, 5.74) is 3.49. The van der Waals surface area contributed by atoms with Crippen molar-refractivity contribution in [2.24, 2.45) is 0 Å². The van der Waals surface area contributed by atoms with Gasteiger partial charge in [0.2, 0.25) is 0 Å². The quantitative estimate of drug-likeness (QED) is 0.828. The summed E-state index contributed by atoms with van der Waals surface area (Å²) >= 11 is 5.97. The van der Waals surface area contributed by atoms with Gasteiger partial charge in [0.05, 0.1) is 17.3 Å². The average Bonchev–Trinajstić information content (AvgIpc) is 3.07. The van der Waals surface area contributed by atoms with E-state index in [-0.39, 0.29) is 11.8 Å². The Morgan fingerprint density at radius 1 is 1.24 bits per heavy atom. The highest BCUT2D eigenvalue weighted by Crippen LogP contribution is 2.32. The summed E-state index contributed by atoms with van der Waals surface area (Å²) in [4.78, 5) is 20.1. The first-order valence-corrected chi connectivity index (χ1v) is 8.42. The van der Waals surface area contributed by atoms with Gasteiger partial charge >= 0.3 is 6.09 Å². The molecule has 1 fully saturated rings. The van der Waals surface area contributed by atoms with Crippen LogP contribution in [-0.4, -0.2) is 30.8 Å². The van der Waals surface area contributed by atoms with E-state index in [0.717, 1.165) is 30.0 Å². The topological polar surface area (TPSA) is 69.5 Å². The minimum absolute atomic E-state index is 0.235. The second-order valence-corrected chi connectivity index (χ2v) is 6.37. The van der Waals surface area contributed by atoms with E-state index in [1.807, 2.05) is 24.3 Å². The van der Waals surface area contributed by atoms with Crippen molar-refractivity contribution < 1.29 is 9.53 Å². The monoisotopic (exact) mass is 354 g/mol. The van der Waals surface area contributed by atoms with Gasteiger partial charge in [-0.15, -0.1) is 0 Å². The Labute approximate surface area is 150 Å². The van der Waals surface area contributed by atoms with E-state index >= 15 is 0 Å². The summed E-state index contributed by atoms with van der Waals surface area (Å²) in [6.45, 7) is 2.45. The summed E-state index contributed by atoms with van der Waals surface area (Å²) < 4.78 is 5.06. The largest absolute Gasteiger partial charge is 0.447 e. The van der Waals surface area contributed by atoms with Gasteiger partial charge in [0.15, 0.2) is 5.69 Å². The Morgan fingerprint density at radius 2 is 2.12 bits per heavy atom. The predicted molar refractivity (Wildman–Crippen MR) is 93.9 cm³/mol. The van der Waals surface area contributed by atoms with Crippen molar-refractivity contribution in [3.63, 3.8) is 0 Å². The lowest BCUT2D eigenvalue weighted by atomic mass is 9.97. The molecule has 6 nitrogen and oxygen atoms in total. The summed E-state index contributed by atoms with van der Waals surface area (Å²) in [6.07, 6.45) is 0.510. The number of aromatic nitrogens is 1. The van der Waals surface area contributed by atoms with E-state index in [0.29, 0.717) is 24.7 Å². The van der Waals surface area contributed by atoms with Crippen LogP contribution in [0, 0.1) is 11.3 Å². The van der Waals surface area contributed by atoms with Crippen molar-refractivity contribution in [2.45, 2.75) is 13.0 Å². The minimum atomic E-state index is -0.283. The highest BCUT2D eigenvalue weighted by molar-refractivity contribution is 6.31. The molecule has 7 heteroatoms. The molecule has 0 radical (unpaired) electrons. The molecule has 0 saturated carbocycles. The Kier molecular flexibility index (Phi) is 3.94. The zero-order valence-corrected chi connectivity index (χ0v) is 14.2. The molecule has 1 aromatic heterocycles. The molecule has 1 saturated heterocycles. The summed E-state index contributed by atoms with van der Waals surface area (Å²) in [7, 11) is 0. The number of nitrogens with zero attached hydrogens (tertiary/aromatic N) is 4. The predicted octanol–water partition coefficient (Wildman–Crippen LogP) is 3.13. The number of hydrogen-bond acceptors (Lipinski definition) is 5. The van der Waals surface area contributed by atoms with Crippen LogP contribution in [0.4, 0.5) is 16.3 Å². The van der Waals surface area contributed by atoms with Crippen molar-refractivity contribution in [2.75, 3.05) is 29.5 Å². The zero-order valence-electron chi connectivity index (χ0n) is 13.4. The number of rotatable bonds is 2. The fraction of sp³-hybridized carbons (Fsp3) is 0.278. The number of halogens is 1. The zero-order chi connectivity index (χ0) is 17.4. The molecule has 2 aromatic rings. The van der Waals surface area contributed by atoms with Crippen molar-refractivity contribution in [1.82, 2.24) is 4.98 Å². The fourth-order valence-corrected chi connectivity index (χ4v) is 3.48. The van der Waals surface area contributed by atoms with E-state index in [1.165, 1.54) is 5.56 Å².